The number of anilines is 1. The van der Waals surface area contributed by atoms with Crippen molar-refractivity contribution in [1.29, 1.82) is 0 Å². The van der Waals surface area contributed by atoms with Crippen LogP contribution in [0.25, 0.3) is 0 Å². The average Bonchev–Trinajstić information content (AvgIpc) is 2.51. The largest absolute Gasteiger partial charge is 0.311 e. The molecule has 0 aliphatic carbocycles. The second-order valence-corrected chi connectivity index (χ2v) is 7.76. The Morgan fingerprint density at radius 1 is 0.917 bits per heavy atom. The van der Waals surface area contributed by atoms with Gasteiger partial charge < -0.3 is 5.01 Å². The molecule has 0 fully saturated rings. The Morgan fingerprint density at radius 2 is 1.50 bits per heavy atom. The van der Waals surface area contributed by atoms with Crippen LogP contribution in [-0.4, -0.2) is 33.0 Å². The van der Waals surface area contributed by atoms with E-state index in [1.807, 2.05) is 0 Å². The molecular formula is C14H16N2O6S2. The van der Waals surface area contributed by atoms with Gasteiger partial charge >= 0.3 is 0 Å². The molecule has 0 aliphatic heterocycles. The van der Waals surface area contributed by atoms with Crippen molar-refractivity contribution >= 4 is 25.9 Å². The molecule has 10 heteroatoms. The van der Waals surface area contributed by atoms with Crippen molar-refractivity contribution in [3.63, 3.8) is 0 Å². The van der Waals surface area contributed by atoms with E-state index in [1.54, 1.807) is 24.2 Å². The molecule has 3 N–H and O–H groups in total. The van der Waals surface area contributed by atoms with Crippen molar-refractivity contribution in [1.82, 2.24) is 5.43 Å². The number of rotatable bonds is 6. The van der Waals surface area contributed by atoms with E-state index in [1.165, 1.54) is 36.4 Å². The van der Waals surface area contributed by atoms with Crippen LogP contribution in [0, 0.1) is 0 Å². The van der Waals surface area contributed by atoms with Crippen LogP contribution in [0.2, 0.25) is 0 Å². The van der Waals surface area contributed by atoms with E-state index in [0.29, 0.717) is 11.3 Å². The van der Waals surface area contributed by atoms with Gasteiger partial charge in [0.1, 0.15) is 0 Å². The highest BCUT2D eigenvalue weighted by atomic mass is 32.2. The van der Waals surface area contributed by atoms with E-state index < -0.39 is 20.2 Å². The minimum Gasteiger partial charge on any atom is -0.311 e. The zero-order chi connectivity index (χ0) is 18.0. The monoisotopic (exact) mass is 372 g/mol. The number of nitrogens with one attached hydrogen (secondary N) is 1. The molecule has 130 valence electrons. The van der Waals surface area contributed by atoms with Gasteiger partial charge in [-0.3, -0.25) is 9.11 Å². The highest BCUT2D eigenvalue weighted by Crippen LogP contribution is 2.18. The topological polar surface area (TPSA) is 124 Å². The van der Waals surface area contributed by atoms with Gasteiger partial charge in [-0.25, -0.2) is 5.43 Å². The van der Waals surface area contributed by atoms with Crippen molar-refractivity contribution < 1.29 is 25.9 Å². The summed E-state index contributed by atoms with van der Waals surface area (Å²) in [6.45, 7) is 0.118. The molecular weight excluding hydrogens is 356 g/mol. The molecule has 2 aromatic carbocycles. The Bertz CT molecular complexity index is 924. The molecule has 0 unspecified atom stereocenters. The molecule has 0 bridgehead atoms. The molecule has 0 amide bonds. The molecule has 24 heavy (non-hydrogen) atoms. The normalized spacial score (nSPS) is 12.1. The van der Waals surface area contributed by atoms with Gasteiger partial charge in [0, 0.05) is 13.6 Å². The first-order valence-electron chi connectivity index (χ1n) is 6.69. The highest BCUT2D eigenvalue weighted by Gasteiger charge is 2.15. The molecule has 0 atom stereocenters. The van der Waals surface area contributed by atoms with Crippen molar-refractivity contribution in [3.8, 4) is 0 Å². The summed E-state index contributed by atoms with van der Waals surface area (Å²) in [6, 6.07) is 11.5. The maximum Gasteiger partial charge on any atom is 0.294 e. The Kier molecular flexibility index (Phi) is 5.26. The molecule has 0 heterocycles. The van der Waals surface area contributed by atoms with Crippen molar-refractivity contribution in [2.75, 3.05) is 12.1 Å². The lowest BCUT2D eigenvalue weighted by atomic mass is 10.2. The summed E-state index contributed by atoms with van der Waals surface area (Å²) in [7, 11) is -6.93. The number of benzene rings is 2. The fraction of sp³-hybridized carbons (Fsp3) is 0.143. The van der Waals surface area contributed by atoms with Crippen LogP contribution in [0.15, 0.2) is 58.3 Å². The first-order chi connectivity index (χ1) is 11.1. The van der Waals surface area contributed by atoms with Crippen LogP contribution >= 0.6 is 0 Å². The van der Waals surface area contributed by atoms with Gasteiger partial charge in [-0.1, -0.05) is 18.2 Å². The molecule has 2 rings (SSSR count). The van der Waals surface area contributed by atoms with Gasteiger partial charge in [-0.05, 0) is 35.9 Å². The Labute approximate surface area is 140 Å². The standard InChI is InChI=1S/C14H16N2O6S2/c1-16(12-6-8-13(9-7-12)23(17,18)19)15-10-11-4-2-3-5-14(11)24(20,21)22/h2-9,15H,10H2,1H3,(H,17,18,19)(H,20,21,22). The summed E-state index contributed by atoms with van der Waals surface area (Å²) in [5, 5.41) is 1.55. The molecule has 0 radical (unpaired) electrons. The average molecular weight is 372 g/mol. The SMILES string of the molecule is CN(NCc1ccccc1S(=O)(=O)O)c1ccc(S(=O)(=O)O)cc1. The third kappa shape index (κ3) is 4.52. The fourth-order valence-corrected chi connectivity index (χ4v) is 3.24. The first-order valence-corrected chi connectivity index (χ1v) is 9.57. The summed E-state index contributed by atoms with van der Waals surface area (Å²) < 4.78 is 62.8. The smallest absolute Gasteiger partial charge is 0.294 e. The third-order valence-corrected chi connectivity index (χ3v) is 5.10. The van der Waals surface area contributed by atoms with Crippen molar-refractivity contribution in [2.45, 2.75) is 16.3 Å². The molecule has 0 aliphatic rings. The molecule has 0 saturated carbocycles. The van der Waals surface area contributed by atoms with Crippen molar-refractivity contribution in [2.24, 2.45) is 0 Å². The van der Waals surface area contributed by atoms with E-state index in [9.17, 15) is 21.4 Å². The summed E-state index contributed by atoms with van der Waals surface area (Å²) in [4.78, 5) is -0.413. The molecule has 8 nitrogen and oxygen atoms in total. The minimum absolute atomic E-state index is 0.118. The van der Waals surface area contributed by atoms with Crippen LogP contribution in [0.1, 0.15) is 5.56 Å². The zero-order valence-electron chi connectivity index (χ0n) is 12.6. The van der Waals surface area contributed by atoms with E-state index >= 15 is 0 Å². The van der Waals surface area contributed by atoms with Gasteiger partial charge in [-0.15, -0.1) is 0 Å². The Hall–Kier alpha value is -1.98. The number of nitrogens with zero attached hydrogens (tertiary/aromatic N) is 1. The predicted octanol–water partition coefficient (Wildman–Crippen LogP) is 1.32. The van der Waals surface area contributed by atoms with Gasteiger partial charge in [0.2, 0.25) is 0 Å². The quantitative estimate of drug-likeness (QED) is 0.512. The van der Waals surface area contributed by atoms with Gasteiger partial charge in [-0.2, -0.15) is 16.8 Å². The van der Waals surface area contributed by atoms with E-state index in [0.717, 1.165) is 0 Å². The summed E-state index contributed by atoms with van der Waals surface area (Å²) in [5.41, 5.74) is 3.90. The first kappa shape index (κ1) is 18.4. The Balaban J connectivity index is 2.13. The Morgan fingerprint density at radius 3 is 2.04 bits per heavy atom. The summed E-state index contributed by atoms with van der Waals surface area (Å²) in [5.74, 6) is 0. The van der Waals surface area contributed by atoms with Crippen LogP contribution in [0.3, 0.4) is 0 Å². The van der Waals surface area contributed by atoms with Crippen LogP contribution in [0.5, 0.6) is 0 Å². The number of hydrazine groups is 1. The second kappa shape index (κ2) is 6.87. The molecule has 0 saturated heterocycles. The lowest BCUT2D eigenvalue weighted by Crippen LogP contribution is -2.34. The van der Waals surface area contributed by atoms with Crippen LogP contribution < -0.4 is 10.4 Å². The third-order valence-electron chi connectivity index (χ3n) is 3.28. The van der Waals surface area contributed by atoms with Crippen LogP contribution in [-0.2, 0) is 26.8 Å². The second-order valence-electron chi connectivity index (χ2n) is 4.95. The van der Waals surface area contributed by atoms with Gasteiger partial charge in [0.05, 0.1) is 15.5 Å². The van der Waals surface area contributed by atoms with E-state index in [-0.39, 0.29) is 16.3 Å². The lowest BCUT2D eigenvalue weighted by Gasteiger charge is -2.21. The molecule has 0 aromatic heterocycles. The predicted molar refractivity (Wildman–Crippen MR) is 87.8 cm³/mol. The highest BCUT2D eigenvalue weighted by molar-refractivity contribution is 7.86. The zero-order valence-corrected chi connectivity index (χ0v) is 14.3. The van der Waals surface area contributed by atoms with Gasteiger partial charge in [0.15, 0.2) is 0 Å². The van der Waals surface area contributed by atoms with Crippen LogP contribution in [0.4, 0.5) is 5.69 Å². The van der Waals surface area contributed by atoms with Crippen molar-refractivity contribution in [3.05, 3.63) is 54.1 Å². The maximum absolute atomic E-state index is 11.3. The summed E-state index contributed by atoms with van der Waals surface area (Å²) >= 11 is 0. The molecule has 2 aromatic rings. The number of hydrogen-bond acceptors (Lipinski definition) is 6. The van der Waals surface area contributed by atoms with Gasteiger partial charge in [0.25, 0.3) is 20.2 Å². The molecule has 0 spiro atoms. The summed E-state index contributed by atoms with van der Waals surface area (Å²) in [6.07, 6.45) is 0. The maximum atomic E-state index is 11.3. The fourth-order valence-electron chi connectivity index (χ4n) is 2.04. The lowest BCUT2D eigenvalue weighted by molar-refractivity contribution is 0.480. The van der Waals surface area contributed by atoms with E-state index in [2.05, 4.69) is 5.43 Å². The minimum atomic E-state index is -4.32. The van der Waals surface area contributed by atoms with E-state index in [4.69, 9.17) is 4.55 Å². The number of hydrogen-bond donors (Lipinski definition) is 3.